The Morgan fingerprint density at radius 1 is 1.06 bits per heavy atom. The zero-order chi connectivity index (χ0) is 13.0. The topological polar surface area (TPSA) is 15.3 Å². The van der Waals surface area contributed by atoms with Gasteiger partial charge in [-0.3, -0.25) is 0 Å². The molecule has 1 saturated heterocycles. The Morgan fingerprint density at radius 3 is 2.44 bits per heavy atom. The Balaban J connectivity index is 1.70. The van der Waals surface area contributed by atoms with E-state index in [1.165, 1.54) is 58.2 Å². The molecule has 2 aliphatic rings. The molecule has 0 aromatic rings. The lowest BCUT2D eigenvalue weighted by Crippen LogP contribution is -2.48. The van der Waals surface area contributed by atoms with Crippen LogP contribution >= 0.6 is 0 Å². The molecule has 2 heteroatoms. The van der Waals surface area contributed by atoms with E-state index in [0.29, 0.717) is 5.41 Å². The standard InChI is InChI=1S/C16H32N2/c1-16(2,3)13-17-15-9-6-10-18(12-15)11-14-7-4-5-8-14/h14-15,17H,4-13H2,1-3H3. The summed E-state index contributed by atoms with van der Waals surface area (Å²) in [7, 11) is 0. The lowest BCUT2D eigenvalue weighted by Gasteiger charge is -2.36. The zero-order valence-electron chi connectivity index (χ0n) is 12.7. The summed E-state index contributed by atoms with van der Waals surface area (Å²) in [5, 5.41) is 3.77. The molecule has 0 aromatic heterocycles. The van der Waals surface area contributed by atoms with Crippen molar-refractivity contribution < 1.29 is 0 Å². The number of rotatable bonds is 4. The average molecular weight is 252 g/mol. The molecule has 2 rings (SSSR count). The minimum Gasteiger partial charge on any atom is -0.312 e. The number of nitrogens with zero attached hydrogens (tertiary/aromatic N) is 1. The molecule has 1 heterocycles. The van der Waals surface area contributed by atoms with Gasteiger partial charge in [0.1, 0.15) is 0 Å². The molecular formula is C16H32N2. The van der Waals surface area contributed by atoms with Crippen LogP contribution in [0, 0.1) is 11.3 Å². The molecule has 106 valence electrons. The number of hydrogen-bond donors (Lipinski definition) is 1. The molecule has 1 aliphatic heterocycles. The van der Waals surface area contributed by atoms with E-state index in [4.69, 9.17) is 0 Å². The highest BCUT2D eigenvalue weighted by Gasteiger charge is 2.24. The lowest BCUT2D eigenvalue weighted by molar-refractivity contribution is 0.160. The second-order valence-electron chi connectivity index (χ2n) is 7.69. The molecule has 1 aliphatic carbocycles. The number of likely N-dealkylation sites (tertiary alicyclic amines) is 1. The van der Waals surface area contributed by atoms with Crippen LogP contribution in [0.3, 0.4) is 0 Å². The summed E-state index contributed by atoms with van der Waals surface area (Å²) in [6, 6.07) is 0.736. The highest BCUT2D eigenvalue weighted by molar-refractivity contribution is 4.82. The monoisotopic (exact) mass is 252 g/mol. The van der Waals surface area contributed by atoms with E-state index >= 15 is 0 Å². The van der Waals surface area contributed by atoms with Crippen LogP contribution in [0.2, 0.25) is 0 Å². The van der Waals surface area contributed by atoms with Gasteiger partial charge in [-0.2, -0.15) is 0 Å². The van der Waals surface area contributed by atoms with E-state index in [1.54, 1.807) is 0 Å². The van der Waals surface area contributed by atoms with Gasteiger partial charge in [0.05, 0.1) is 0 Å². The van der Waals surface area contributed by atoms with Crippen molar-refractivity contribution in [3.8, 4) is 0 Å². The van der Waals surface area contributed by atoms with Crippen LogP contribution in [-0.2, 0) is 0 Å². The predicted molar refractivity (Wildman–Crippen MR) is 78.9 cm³/mol. The summed E-state index contributed by atoms with van der Waals surface area (Å²) in [4.78, 5) is 2.72. The van der Waals surface area contributed by atoms with Crippen LogP contribution < -0.4 is 5.32 Å². The molecule has 1 N–H and O–H groups in total. The Kier molecular flexibility index (Phi) is 5.08. The summed E-state index contributed by atoms with van der Waals surface area (Å²) in [6.45, 7) is 12.1. The van der Waals surface area contributed by atoms with Gasteiger partial charge in [-0.15, -0.1) is 0 Å². The summed E-state index contributed by atoms with van der Waals surface area (Å²) in [5.41, 5.74) is 0.410. The van der Waals surface area contributed by atoms with Gasteiger partial charge in [-0.05, 0) is 43.6 Å². The Morgan fingerprint density at radius 2 is 1.78 bits per heavy atom. The minimum absolute atomic E-state index is 0.410. The number of nitrogens with one attached hydrogen (secondary N) is 1. The van der Waals surface area contributed by atoms with Gasteiger partial charge in [0.15, 0.2) is 0 Å². The predicted octanol–water partition coefficient (Wildman–Crippen LogP) is 3.28. The molecule has 1 atom stereocenters. The highest BCUT2D eigenvalue weighted by atomic mass is 15.2. The first-order valence-corrected chi connectivity index (χ1v) is 7.99. The fourth-order valence-corrected chi connectivity index (χ4v) is 3.40. The van der Waals surface area contributed by atoms with Crippen molar-refractivity contribution in [2.24, 2.45) is 11.3 Å². The van der Waals surface area contributed by atoms with Crippen molar-refractivity contribution in [2.45, 2.75) is 65.3 Å². The van der Waals surface area contributed by atoms with E-state index in [-0.39, 0.29) is 0 Å². The maximum Gasteiger partial charge on any atom is 0.0195 e. The van der Waals surface area contributed by atoms with Crippen LogP contribution in [0.5, 0.6) is 0 Å². The average Bonchev–Trinajstić information content (AvgIpc) is 2.79. The minimum atomic E-state index is 0.410. The van der Waals surface area contributed by atoms with Gasteiger partial charge < -0.3 is 10.2 Å². The molecule has 0 spiro atoms. The SMILES string of the molecule is CC(C)(C)CNC1CCCN(CC2CCCC2)C1. The van der Waals surface area contributed by atoms with Crippen molar-refractivity contribution >= 4 is 0 Å². The van der Waals surface area contributed by atoms with E-state index in [0.717, 1.165) is 18.5 Å². The Hall–Kier alpha value is -0.0800. The third-order valence-corrected chi connectivity index (χ3v) is 4.42. The third kappa shape index (κ3) is 4.89. The van der Waals surface area contributed by atoms with Gasteiger partial charge in [0, 0.05) is 25.7 Å². The van der Waals surface area contributed by atoms with Crippen molar-refractivity contribution in [3.63, 3.8) is 0 Å². The van der Waals surface area contributed by atoms with Crippen molar-refractivity contribution in [2.75, 3.05) is 26.2 Å². The van der Waals surface area contributed by atoms with E-state index in [9.17, 15) is 0 Å². The first kappa shape index (κ1) is 14.3. The van der Waals surface area contributed by atoms with Crippen molar-refractivity contribution in [1.29, 1.82) is 0 Å². The first-order chi connectivity index (χ1) is 8.53. The van der Waals surface area contributed by atoms with Crippen LogP contribution in [0.4, 0.5) is 0 Å². The molecule has 1 saturated carbocycles. The van der Waals surface area contributed by atoms with Gasteiger partial charge in [0.2, 0.25) is 0 Å². The van der Waals surface area contributed by atoms with Gasteiger partial charge in [0.25, 0.3) is 0 Å². The van der Waals surface area contributed by atoms with Crippen LogP contribution in [0.25, 0.3) is 0 Å². The molecule has 0 amide bonds. The normalized spacial score (nSPS) is 27.8. The summed E-state index contributed by atoms with van der Waals surface area (Å²) in [6.07, 6.45) is 8.67. The van der Waals surface area contributed by atoms with Gasteiger partial charge in [-0.1, -0.05) is 33.6 Å². The molecule has 0 radical (unpaired) electrons. The largest absolute Gasteiger partial charge is 0.312 e. The fraction of sp³-hybridized carbons (Fsp3) is 1.00. The van der Waals surface area contributed by atoms with Gasteiger partial charge >= 0.3 is 0 Å². The molecule has 2 nitrogen and oxygen atoms in total. The second kappa shape index (κ2) is 6.38. The fourth-order valence-electron chi connectivity index (χ4n) is 3.40. The quantitative estimate of drug-likeness (QED) is 0.826. The number of hydrogen-bond acceptors (Lipinski definition) is 2. The van der Waals surface area contributed by atoms with Crippen molar-refractivity contribution in [3.05, 3.63) is 0 Å². The molecule has 1 unspecified atom stereocenters. The summed E-state index contributed by atoms with van der Waals surface area (Å²) >= 11 is 0. The third-order valence-electron chi connectivity index (χ3n) is 4.42. The van der Waals surface area contributed by atoms with Gasteiger partial charge in [-0.25, -0.2) is 0 Å². The molecule has 2 fully saturated rings. The maximum atomic E-state index is 3.77. The smallest absolute Gasteiger partial charge is 0.0195 e. The van der Waals surface area contributed by atoms with E-state index in [2.05, 4.69) is 31.0 Å². The molecule has 0 aromatic carbocycles. The molecule has 18 heavy (non-hydrogen) atoms. The Labute approximate surface area is 114 Å². The highest BCUT2D eigenvalue weighted by Crippen LogP contribution is 2.26. The molecular weight excluding hydrogens is 220 g/mol. The Bertz CT molecular complexity index is 238. The lowest BCUT2D eigenvalue weighted by atomic mass is 9.95. The molecule has 0 bridgehead atoms. The summed E-state index contributed by atoms with van der Waals surface area (Å²) < 4.78 is 0. The zero-order valence-corrected chi connectivity index (χ0v) is 12.7. The number of piperidine rings is 1. The second-order valence-corrected chi connectivity index (χ2v) is 7.69. The maximum absolute atomic E-state index is 3.77. The van der Waals surface area contributed by atoms with E-state index in [1.807, 2.05) is 0 Å². The van der Waals surface area contributed by atoms with Crippen LogP contribution in [0.15, 0.2) is 0 Å². The van der Waals surface area contributed by atoms with E-state index < -0.39 is 0 Å². The van der Waals surface area contributed by atoms with Crippen molar-refractivity contribution in [1.82, 2.24) is 10.2 Å². The summed E-state index contributed by atoms with van der Waals surface area (Å²) in [5.74, 6) is 1.01. The first-order valence-electron chi connectivity index (χ1n) is 7.99. The van der Waals surface area contributed by atoms with Crippen LogP contribution in [-0.4, -0.2) is 37.1 Å². The van der Waals surface area contributed by atoms with Crippen LogP contribution in [0.1, 0.15) is 59.3 Å².